The Balaban J connectivity index is 1.59. The van der Waals surface area contributed by atoms with Gasteiger partial charge < -0.3 is 15.4 Å². The lowest BCUT2D eigenvalue weighted by atomic mass is 10.2. The first kappa shape index (κ1) is 17.7. The average molecular weight is 369 g/mol. The lowest BCUT2D eigenvalue weighted by Gasteiger charge is -2.08. The molecular formula is C19H17ClN4O2. The first-order valence-electron chi connectivity index (χ1n) is 7.90. The Morgan fingerprint density at radius 1 is 1.08 bits per heavy atom. The molecule has 0 atom stereocenters. The van der Waals surface area contributed by atoms with Crippen molar-refractivity contribution < 1.29 is 9.53 Å². The zero-order valence-corrected chi connectivity index (χ0v) is 14.8. The number of carbonyl (C=O) groups excluding carboxylic acids is 1. The molecule has 7 heteroatoms. The number of aromatic nitrogens is 2. The van der Waals surface area contributed by atoms with E-state index in [1.165, 1.54) is 12.4 Å². The summed E-state index contributed by atoms with van der Waals surface area (Å²) in [4.78, 5) is 20.6. The molecule has 1 heterocycles. The second kappa shape index (κ2) is 8.31. The van der Waals surface area contributed by atoms with E-state index in [1.807, 2.05) is 24.3 Å². The van der Waals surface area contributed by atoms with E-state index >= 15 is 0 Å². The third-order valence-corrected chi connectivity index (χ3v) is 4.03. The minimum absolute atomic E-state index is 0.284. The number of nitrogens with zero attached hydrogens (tertiary/aromatic N) is 2. The monoisotopic (exact) mass is 368 g/mol. The number of rotatable bonds is 6. The topological polar surface area (TPSA) is 76.1 Å². The fourth-order valence-corrected chi connectivity index (χ4v) is 2.43. The molecule has 0 aliphatic heterocycles. The van der Waals surface area contributed by atoms with Crippen LogP contribution in [0.1, 0.15) is 15.9 Å². The van der Waals surface area contributed by atoms with E-state index in [4.69, 9.17) is 16.3 Å². The van der Waals surface area contributed by atoms with E-state index in [9.17, 15) is 4.79 Å². The van der Waals surface area contributed by atoms with Crippen LogP contribution < -0.4 is 15.4 Å². The molecule has 0 saturated heterocycles. The summed E-state index contributed by atoms with van der Waals surface area (Å²) in [6, 6.07) is 14.6. The van der Waals surface area contributed by atoms with E-state index < -0.39 is 0 Å². The molecule has 1 aromatic heterocycles. The highest BCUT2D eigenvalue weighted by atomic mass is 35.5. The molecule has 0 unspecified atom stereocenters. The first-order valence-corrected chi connectivity index (χ1v) is 8.28. The molecule has 2 N–H and O–H groups in total. The maximum absolute atomic E-state index is 12.2. The average Bonchev–Trinajstić information content (AvgIpc) is 2.68. The summed E-state index contributed by atoms with van der Waals surface area (Å²) >= 11 is 6.11. The van der Waals surface area contributed by atoms with Gasteiger partial charge in [0.1, 0.15) is 5.75 Å². The molecule has 2 aromatic carbocycles. The number of halogens is 1. The van der Waals surface area contributed by atoms with E-state index in [2.05, 4.69) is 20.6 Å². The molecule has 0 bridgehead atoms. The predicted molar refractivity (Wildman–Crippen MR) is 102 cm³/mol. The van der Waals surface area contributed by atoms with E-state index in [0.717, 1.165) is 11.3 Å². The molecule has 3 aromatic rings. The Hall–Kier alpha value is -3.12. The van der Waals surface area contributed by atoms with Gasteiger partial charge in [0.05, 0.1) is 12.7 Å². The van der Waals surface area contributed by atoms with Crippen molar-refractivity contribution in [3.63, 3.8) is 0 Å². The van der Waals surface area contributed by atoms with Crippen LogP contribution in [0, 0.1) is 0 Å². The van der Waals surface area contributed by atoms with Gasteiger partial charge in [-0.3, -0.25) is 4.79 Å². The Morgan fingerprint density at radius 2 is 1.77 bits per heavy atom. The highest BCUT2D eigenvalue weighted by Gasteiger charge is 2.08. The summed E-state index contributed by atoms with van der Waals surface area (Å²) in [6.45, 7) is 0.497. The Bertz CT molecular complexity index is 883. The highest BCUT2D eigenvalue weighted by Crippen LogP contribution is 2.17. The third-order valence-electron chi connectivity index (χ3n) is 3.66. The molecule has 0 aliphatic carbocycles. The quantitative estimate of drug-likeness (QED) is 0.687. The van der Waals surface area contributed by atoms with Crippen LogP contribution in [-0.2, 0) is 6.54 Å². The fraction of sp³-hybridized carbons (Fsp3) is 0.105. The molecule has 0 spiro atoms. The van der Waals surface area contributed by atoms with Crippen LogP contribution in [0.5, 0.6) is 5.75 Å². The summed E-state index contributed by atoms with van der Waals surface area (Å²) in [7, 11) is 1.59. The summed E-state index contributed by atoms with van der Waals surface area (Å²) < 4.78 is 5.09. The molecule has 0 saturated carbocycles. The van der Waals surface area contributed by atoms with Crippen LogP contribution in [0.25, 0.3) is 0 Å². The number of carbonyl (C=O) groups is 1. The van der Waals surface area contributed by atoms with Crippen LogP contribution in [0.3, 0.4) is 0 Å². The van der Waals surface area contributed by atoms with Crippen LogP contribution in [0.15, 0.2) is 60.9 Å². The summed E-state index contributed by atoms with van der Waals surface area (Å²) in [6.07, 6.45) is 2.95. The molecule has 3 rings (SSSR count). The zero-order chi connectivity index (χ0) is 18.4. The first-order chi connectivity index (χ1) is 12.7. The normalized spacial score (nSPS) is 10.2. The lowest BCUT2D eigenvalue weighted by molar-refractivity contribution is 0.102. The standard InChI is InChI=1S/C19H17ClN4O2/c1-26-16-8-6-15(7-9-16)24-18(25)14-11-22-19(23-12-14)21-10-13-4-2-3-5-17(13)20/h2-9,11-12H,10H2,1H3,(H,24,25)(H,21,22,23). The van der Waals surface area contributed by atoms with E-state index in [-0.39, 0.29) is 5.91 Å². The summed E-state index contributed by atoms with van der Waals surface area (Å²) in [5.41, 5.74) is 1.97. The van der Waals surface area contributed by atoms with Crippen LogP contribution in [0.2, 0.25) is 5.02 Å². The maximum atomic E-state index is 12.2. The van der Waals surface area contributed by atoms with Crippen molar-refractivity contribution in [1.29, 1.82) is 0 Å². The van der Waals surface area contributed by atoms with Gasteiger partial charge in [-0.2, -0.15) is 0 Å². The van der Waals surface area contributed by atoms with Crippen molar-refractivity contribution in [2.75, 3.05) is 17.7 Å². The number of hydrogen-bond donors (Lipinski definition) is 2. The number of hydrogen-bond acceptors (Lipinski definition) is 5. The highest BCUT2D eigenvalue weighted by molar-refractivity contribution is 6.31. The molecular weight excluding hydrogens is 352 g/mol. The largest absolute Gasteiger partial charge is 0.497 e. The predicted octanol–water partition coefficient (Wildman–Crippen LogP) is 4.00. The van der Waals surface area contributed by atoms with Gasteiger partial charge in [0.15, 0.2) is 0 Å². The zero-order valence-electron chi connectivity index (χ0n) is 14.1. The van der Waals surface area contributed by atoms with Crippen LogP contribution in [0.4, 0.5) is 11.6 Å². The van der Waals surface area contributed by atoms with Gasteiger partial charge in [0, 0.05) is 29.6 Å². The molecule has 6 nitrogen and oxygen atoms in total. The van der Waals surface area contributed by atoms with Gasteiger partial charge in [0.2, 0.25) is 5.95 Å². The summed E-state index contributed by atoms with van der Waals surface area (Å²) in [5, 5.41) is 6.54. The van der Waals surface area contributed by atoms with Crippen LogP contribution >= 0.6 is 11.6 Å². The van der Waals surface area contributed by atoms with Crippen LogP contribution in [-0.4, -0.2) is 23.0 Å². The van der Waals surface area contributed by atoms with Crippen molar-refractivity contribution in [2.24, 2.45) is 0 Å². The number of amides is 1. The van der Waals surface area contributed by atoms with Crippen molar-refractivity contribution >= 4 is 29.1 Å². The smallest absolute Gasteiger partial charge is 0.258 e. The molecule has 26 heavy (non-hydrogen) atoms. The lowest BCUT2D eigenvalue weighted by Crippen LogP contribution is -2.13. The van der Waals surface area contributed by atoms with E-state index in [1.54, 1.807) is 31.4 Å². The molecule has 132 valence electrons. The number of benzene rings is 2. The van der Waals surface area contributed by atoms with Crippen molar-refractivity contribution in [3.8, 4) is 5.75 Å². The molecule has 0 aliphatic rings. The number of nitrogens with one attached hydrogen (secondary N) is 2. The van der Waals surface area contributed by atoms with Gasteiger partial charge >= 0.3 is 0 Å². The second-order valence-electron chi connectivity index (χ2n) is 5.42. The maximum Gasteiger partial charge on any atom is 0.258 e. The van der Waals surface area contributed by atoms with Crippen molar-refractivity contribution in [2.45, 2.75) is 6.54 Å². The van der Waals surface area contributed by atoms with Gasteiger partial charge in [-0.1, -0.05) is 29.8 Å². The van der Waals surface area contributed by atoms with Gasteiger partial charge in [0.25, 0.3) is 5.91 Å². The van der Waals surface area contributed by atoms with E-state index in [0.29, 0.717) is 28.8 Å². The molecule has 0 fully saturated rings. The van der Waals surface area contributed by atoms with Gasteiger partial charge in [-0.05, 0) is 35.9 Å². The Kier molecular flexibility index (Phi) is 5.66. The SMILES string of the molecule is COc1ccc(NC(=O)c2cnc(NCc3ccccc3Cl)nc2)cc1. The number of anilines is 2. The molecule has 1 amide bonds. The molecule has 0 radical (unpaired) electrons. The van der Waals surface area contributed by atoms with Gasteiger partial charge in [-0.25, -0.2) is 9.97 Å². The second-order valence-corrected chi connectivity index (χ2v) is 5.83. The number of methoxy groups -OCH3 is 1. The number of ether oxygens (including phenoxy) is 1. The minimum Gasteiger partial charge on any atom is -0.497 e. The Labute approximate surface area is 156 Å². The van der Waals surface area contributed by atoms with Crippen molar-refractivity contribution in [1.82, 2.24) is 9.97 Å². The van der Waals surface area contributed by atoms with Crippen molar-refractivity contribution in [3.05, 3.63) is 77.1 Å². The Morgan fingerprint density at radius 3 is 2.42 bits per heavy atom. The fourth-order valence-electron chi connectivity index (χ4n) is 2.23. The minimum atomic E-state index is -0.284. The summed E-state index contributed by atoms with van der Waals surface area (Å²) in [5.74, 6) is 0.860. The third kappa shape index (κ3) is 4.49. The van der Waals surface area contributed by atoms with Gasteiger partial charge in [-0.15, -0.1) is 0 Å².